The number of benzene rings is 1. The number of rotatable bonds is 5. The van der Waals surface area contributed by atoms with Gasteiger partial charge in [-0.15, -0.1) is 0 Å². The van der Waals surface area contributed by atoms with E-state index in [0.29, 0.717) is 6.04 Å². The summed E-state index contributed by atoms with van der Waals surface area (Å²) < 4.78 is 0. The third kappa shape index (κ3) is 4.25. The number of nitrogens with one attached hydrogen (secondary N) is 2. The molecule has 1 aromatic rings. The van der Waals surface area contributed by atoms with Crippen molar-refractivity contribution < 1.29 is 4.79 Å². The minimum Gasteiger partial charge on any atom is -0.325 e. The maximum absolute atomic E-state index is 12.2. The van der Waals surface area contributed by atoms with Crippen molar-refractivity contribution in [1.29, 1.82) is 0 Å². The van der Waals surface area contributed by atoms with E-state index in [4.69, 9.17) is 0 Å². The van der Waals surface area contributed by atoms with Gasteiger partial charge in [-0.2, -0.15) is 11.8 Å². The number of thioether (sulfide) groups is 1. The molecule has 20 heavy (non-hydrogen) atoms. The molecule has 2 rings (SSSR count). The van der Waals surface area contributed by atoms with Gasteiger partial charge in [-0.05, 0) is 51.5 Å². The summed E-state index contributed by atoms with van der Waals surface area (Å²) in [5.41, 5.74) is 2.06. The van der Waals surface area contributed by atoms with Crippen molar-refractivity contribution in [3.05, 3.63) is 29.8 Å². The van der Waals surface area contributed by atoms with E-state index in [2.05, 4.69) is 16.9 Å². The first-order chi connectivity index (χ1) is 9.58. The van der Waals surface area contributed by atoms with Gasteiger partial charge in [0.1, 0.15) is 0 Å². The Bertz CT molecular complexity index is 446. The summed E-state index contributed by atoms with van der Waals surface area (Å²) in [5, 5.41) is 7.16. The smallest absolute Gasteiger partial charge is 0.241 e. The van der Waals surface area contributed by atoms with Crippen LogP contribution in [0.15, 0.2) is 24.3 Å². The topological polar surface area (TPSA) is 41.1 Å². The van der Waals surface area contributed by atoms with Crippen LogP contribution in [0.3, 0.4) is 0 Å². The van der Waals surface area contributed by atoms with Gasteiger partial charge in [0, 0.05) is 17.0 Å². The lowest BCUT2D eigenvalue weighted by atomic mass is 10.2. The molecule has 0 radical (unpaired) electrons. The van der Waals surface area contributed by atoms with Crippen LogP contribution < -0.4 is 10.6 Å². The van der Waals surface area contributed by atoms with Crippen LogP contribution in [0.1, 0.15) is 31.7 Å². The van der Waals surface area contributed by atoms with Crippen LogP contribution in [-0.2, 0) is 4.79 Å². The van der Waals surface area contributed by atoms with Crippen molar-refractivity contribution in [2.24, 2.45) is 0 Å². The molecular weight excluding hydrogens is 268 g/mol. The third-order valence-corrected chi connectivity index (χ3v) is 5.01. The Morgan fingerprint density at radius 2 is 2.00 bits per heavy atom. The third-order valence-electron chi connectivity index (χ3n) is 3.92. The predicted molar refractivity (Wildman–Crippen MR) is 87.3 cm³/mol. The lowest BCUT2D eigenvalue weighted by molar-refractivity contribution is -0.117. The van der Waals surface area contributed by atoms with Gasteiger partial charge in [0.15, 0.2) is 0 Å². The monoisotopic (exact) mass is 292 g/mol. The molecule has 110 valence electrons. The standard InChI is InChI=1S/C16H24N2OS/c1-11-4-6-13(7-5-11)18-16(19)12(2)17-14-8-9-15(10-14)20-3/h4-7,12,14-15,17H,8-10H2,1-3H3,(H,18,19). The summed E-state index contributed by atoms with van der Waals surface area (Å²) >= 11 is 1.94. The van der Waals surface area contributed by atoms with Crippen LogP contribution in [-0.4, -0.2) is 29.5 Å². The Labute approximate surface area is 125 Å². The zero-order chi connectivity index (χ0) is 14.5. The highest BCUT2D eigenvalue weighted by Crippen LogP contribution is 2.28. The maximum Gasteiger partial charge on any atom is 0.241 e. The van der Waals surface area contributed by atoms with Crippen LogP contribution in [0, 0.1) is 6.92 Å². The molecule has 0 aliphatic heterocycles. The Hall–Kier alpha value is -1.00. The second kappa shape index (κ2) is 7.14. The van der Waals surface area contributed by atoms with E-state index in [1.165, 1.54) is 24.8 Å². The molecule has 0 heterocycles. The molecule has 0 spiro atoms. The highest BCUT2D eigenvalue weighted by molar-refractivity contribution is 7.99. The second-order valence-corrected chi connectivity index (χ2v) is 6.75. The quantitative estimate of drug-likeness (QED) is 0.875. The minimum absolute atomic E-state index is 0.0430. The van der Waals surface area contributed by atoms with Gasteiger partial charge in [-0.25, -0.2) is 0 Å². The number of hydrogen-bond donors (Lipinski definition) is 2. The van der Waals surface area contributed by atoms with E-state index >= 15 is 0 Å². The molecule has 1 fully saturated rings. The molecule has 1 aliphatic carbocycles. The molecule has 1 amide bonds. The van der Waals surface area contributed by atoms with Crippen molar-refractivity contribution in [2.45, 2.75) is 50.4 Å². The van der Waals surface area contributed by atoms with E-state index in [0.717, 1.165) is 10.9 Å². The number of aryl methyl sites for hydroxylation is 1. The molecule has 1 aromatic carbocycles. The molecule has 4 heteroatoms. The van der Waals surface area contributed by atoms with Crippen LogP contribution in [0.4, 0.5) is 5.69 Å². The molecule has 0 bridgehead atoms. The van der Waals surface area contributed by atoms with Gasteiger partial charge in [-0.3, -0.25) is 4.79 Å². The van der Waals surface area contributed by atoms with Crippen molar-refractivity contribution >= 4 is 23.4 Å². The summed E-state index contributed by atoms with van der Waals surface area (Å²) in [6, 6.07) is 8.23. The number of amides is 1. The Morgan fingerprint density at radius 1 is 1.30 bits per heavy atom. The molecule has 0 saturated heterocycles. The lowest BCUT2D eigenvalue weighted by Gasteiger charge is -2.19. The van der Waals surface area contributed by atoms with Gasteiger partial charge in [0.2, 0.25) is 5.91 Å². The van der Waals surface area contributed by atoms with E-state index in [1.54, 1.807) is 0 Å². The Balaban J connectivity index is 1.81. The van der Waals surface area contributed by atoms with Crippen LogP contribution in [0.2, 0.25) is 0 Å². The van der Waals surface area contributed by atoms with Crippen molar-refractivity contribution in [3.63, 3.8) is 0 Å². The fourth-order valence-corrected chi connectivity index (χ4v) is 3.42. The fourth-order valence-electron chi connectivity index (χ4n) is 2.62. The molecule has 0 aromatic heterocycles. The summed E-state index contributed by atoms with van der Waals surface area (Å²) in [4.78, 5) is 12.2. The Kier molecular flexibility index (Phi) is 5.49. The Morgan fingerprint density at radius 3 is 2.60 bits per heavy atom. The zero-order valence-electron chi connectivity index (χ0n) is 12.5. The summed E-state index contributed by atoms with van der Waals surface area (Å²) in [6.45, 7) is 3.98. The van der Waals surface area contributed by atoms with Gasteiger partial charge in [0.25, 0.3) is 0 Å². The molecular formula is C16H24N2OS. The maximum atomic E-state index is 12.2. The van der Waals surface area contributed by atoms with Crippen LogP contribution in [0.5, 0.6) is 0 Å². The molecule has 3 unspecified atom stereocenters. The fraction of sp³-hybridized carbons (Fsp3) is 0.562. The molecule has 1 saturated carbocycles. The lowest BCUT2D eigenvalue weighted by Crippen LogP contribution is -2.43. The van der Waals surface area contributed by atoms with E-state index in [-0.39, 0.29) is 11.9 Å². The van der Waals surface area contributed by atoms with Crippen LogP contribution in [0.25, 0.3) is 0 Å². The van der Waals surface area contributed by atoms with Crippen molar-refractivity contribution in [3.8, 4) is 0 Å². The van der Waals surface area contributed by atoms with Crippen LogP contribution >= 0.6 is 11.8 Å². The molecule has 3 nitrogen and oxygen atoms in total. The van der Waals surface area contributed by atoms with Gasteiger partial charge < -0.3 is 10.6 Å². The van der Waals surface area contributed by atoms with E-state index in [9.17, 15) is 4.79 Å². The highest BCUT2D eigenvalue weighted by atomic mass is 32.2. The van der Waals surface area contributed by atoms with Gasteiger partial charge in [-0.1, -0.05) is 17.7 Å². The number of carbonyl (C=O) groups excluding carboxylic acids is 1. The van der Waals surface area contributed by atoms with E-state index < -0.39 is 0 Å². The van der Waals surface area contributed by atoms with Gasteiger partial charge in [0.05, 0.1) is 6.04 Å². The summed E-state index contributed by atoms with van der Waals surface area (Å²) in [7, 11) is 0. The minimum atomic E-state index is -0.151. The molecule has 3 atom stereocenters. The zero-order valence-corrected chi connectivity index (χ0v) is 13.3. The first-order valence-electron chi connectivity index (χ1n) is 7.25. The first kappa shape index (κ1) is 15.4. The number of anilines is 1. The number of carbonyl (C=O) groups is 1. The normalized spacial score (nSPS) is 23.6. The van der Waals surface area contributed by atoms with Crippen molar-refractivity contribution in [1.82, 2.24) is 5.32 Å². The average molecular weight is 292 g/mol. The second-order valence-electron chi connectivity index (χ2n) is 5.61. The highest BCUT2D eigenvalue weighted by Gasteiger charge is 2.26. The summed E-state index contributed by atoms with van der Waals surface area (Å²) in [6.07, 6.45) is 5.77. The van der Waals surface area contributed by atoms with Crippen molar-refractivity contribution in [2.75, 3.05) is 11.6 Å². The number of hydrogen-bond acceptors (Lipinski definition) is 3. The van der Waals surface area contributed by atoms with E-state index in [1.807, 2.05) is 49.9 Å². The molecule has 2 N–H and O–H groups in total. The molecule has 1 aliphatic rings. The largest absolute Gasteiger partial charge is 0.325 e. The predicted octanol–water partition coefficient (Wildman–Crippen LogP) is 3.20. The SMILES string of the molecule is CSC1CCC(NC(C)C(=O)Nc2ccc(C)cc2)C1. The van der Waals surface area contributed by atoms with Gasteiger partial charge >= 0.3 is 0 Å². The average Bonchev–Trinajstić information content (AvgIpc) is 2.89. The summed E-state index contributed by atoms with van der Waals surface area (Å²) in [5.74, 6) is 0.0430. The first-order valence-corrected chi connectivity index (χ1v) is 8.53.